The van der Waals surface area contributed by atoms with Crippen molar-refractivity contribution in [1.29, 1.82) is 0 Å². The number of anilines is 2. The summed E-state index contributed by atoms with van der Waals surface area (Å²) < 4.78 is 23.6. The summed E-state index contributed by atoms with van der Waals surface area (Å²) in [6.07, 6.45) is 2.71. The number of nitrogens with two attached hydrogens (primary N) is 1. The second kappa shape index (κ2) is 7.18. The van der Waals surface area contributed by atoms with Crippen molar-refractivity contribution in [2.45, 2.75) is 26.2 Å². The van der Waals surface area contributed by atoms with E-state index in [-0.39, 0.29) is 23.9 Å². The molecule has 2 N–H and O–H groups in total. The number of hydrogen-bond donors (Lipinski definition) is 1. The van der Waals surface area contributed by atoms with E-state index >= 15 is 0 Å². The first-order valence-corrected chi connectivity index (χ1v) is 8.68. The lowest BCUT2D eigenvalue weighted by molar-refractivity contribution is 0.591. The van der Waals surface area contributed by atoms with Gasteiger partial charge in [0.25, 0.3) is 0 Å². The Bertz CT molecular complexity index is 546. The number of fused-ring (bicyclic) bond motifs is 1. The van der Waals surface area contributed by atoms with Crippen LogP contribution in [0, 0.1) is 0 Å². The van der Waals surface area contributed by atoms with Gasteiger partial charge in [-0.1, -0.05) is 13.0 Å². The minimum Gasteiger partial charge on any atom is -0.398 e. The predicted octanol–water partition coefficient (Wildman–Crippen LogP) is 2.27. The van der Waals surface area contributed by atoms with Crippen molar-refractivity contribution in [3.8, 4) is 0 Å². The number of hydrogen-bond acceptors (Lipinski definition) is 4. The molecular weight excluding hydrogens is 296 g/mol. The average molecular weight is 319 g/mol. The highest BCUT2D eigenvalue weighted by Crippen LogP contribution is 2.30. The maximum absolute atomic E-state index is 11.8. The first-order chi connectivity index (χ1) is 9.03. The van der Waals surface area contributed by atoms with Crippen LogP contribution >= 0.6 is 12.4 Å². The normalized spacial score (nSPS) is 14.6. The number of halogens is 1. The Kier molecular flexibility index (Phi) is 6.14. The van der Waals surface area contributed by atoms with Crippen LogP contribution in [0.2, 0.25) is 0 Å². The van der Waals surface area contributed by atoms with E-state index in [0.29, 0.717) is 13.0 Å². The molecule has 4 nitrogen and oxygen atoms in total. The predicted molar refractivity (Wildman–Crippen MR) is 87.6 cm³/mol. The first-order valence-electron chi connectivity index (χ1n) is 6.86. The van der Waals surface area contributed by atoms with Gasteiger partial charge in [-0.2, -0.15) is 0 Å². The summed E-state index contributed by atoms with van der Waals surface area (Å²) in [6.45, 7) is 3.38. The average Bonchev–Trinajstić information content (AvgIpc) is 2.37. The molecule has 0 saturated heterocycles. The number of nitrogen functional groups attached to an aromatic ring is 1. The van der Waals surface area contributed by atoms with Crippen LogP contribution in [0.5, 0.6) is 0 Å². The highest BCUT2D eigenvalue weighted by Gasteiger charge is 2.20. The molecule has 1 aliphatic heterocycles. The summed E-state index contributed by atoms with van der Waals surface area (Å²) in [4.78, 5) is 2.16. The quantitative estimate of drug-likeness (QED) is 0.846. The highest BCUT2D eigenvalue weighted by molar-refractivity contribution is 7.91. The molecule has 0 saturated carbocycles. The van der Waals surface area contributed by atoms with Crippen LogP contribution < -0.4 is 10.6 Å². The SMILES string of the molecule is CCCS(=O)(=O)CCN1CCCc2c(N)cccc21.Cl. The van der Waals surface area contributed by atoms with Crippen molar-refractivity contribution in [3.05, 3.63) is 23.8 Å². The van der Waals surface area contributed by atoms with E-state index in [2.05, 4.69) is 4.90 Å². The fourth-order valence-corrected chi connectivity index (χ4v) is 3.95. The van der Waals surface area contributed by atoms with E-state index in [4.69, 9.17) is 5.73 Å². The van der Waals surface area contributed by atoms with E-state index in [1.165, 1.54) is 5.56 Å². The molecule has 1 heterocycles. The van der Waals surface area contributed by atoms with Crippen LogP contribution in [0.4, 0.5) is 11.4 Å². The van der Waals surface area contributed by atoms with Crippen LogP contribution in [0.25, 0.3) is 0 Å². The largest absolute Gasteiger partial charge is 0.398 e. The lowest BCUT2D eigenvalue weighted by Crippen LogP contribution is -2.34. The highest BCUT2D eigenvalue weighted by atomic mass is 35.5. The van der Waals surface area contributed by atoms with Gasteiger partial charge in [-0.3, -0.25) is 0 Å². The van der Waals surface area contributed by atoms with E-state index in [0.717, 1.165) is 30.8 Å². The topological polar surface area (TPSA) is 63.4 Å². The molecule has 0 radical (unpaired) electrons. The Morgan fingerprint density at radius 3 is 2.75 bits per heavy atom. The van der Waals surface area contributed by atoms with Gasteiger partial charge in [0.2, 0.25) is 0 Å². The molecule has 0 fully saturated rings. The van der Waals surface area contributed by atoms with Gasteiger partial charge in [0.05, 0.1) is 5.75 Å². The van der Waals surface area contributed by atoms with Crippen molar-refractivity contribution < 1.29 is 8.42 Å². The van der Waals surface area contributed by atoms with Gasteiger partial charge in [-0.25, -0.2) is 8.42 Å². The van der Waals surface area contributed by atoms with Gasteiger partial charge in [-0.15, -0.1) is 12.4 Å². The molecule has 0 unspecified atom stereocenters. The van der Waals surface area contributed by atoms with Gasteiger partial charge in [0, 0.05) is 30.2 Å². The maximum Gasteiger partial charge on any atom is 0.152 e. The minimum absolute atomic E-state index is 0. The van der Waals surface area contributed by atoms with E-state index in [1.54, 1.807) is 0 Å². The molecule has 2 rings (SSSR count). The Morgan fingerprint density at radius 2 is 2.05 bits per heavy atom. The molecule has 0 aliphatic carbocycles. The summed E-state index contributed by atoms with van der Waals surface area (Å²) in [5.41, 5.74) is 9.08. The van der Waals surface area contributed by atoms with Crippen LogP contribution in [0.15, 0.2) is 18.2 Å². The number of benzene rings is 1. The summed E-state index contributed by atoms with van der Waals surface area (Å²) in [7, 11) is -2.92. The third-order valence-electron chi connectivity index (χ3n) is 3.57. The van der Waals surface area contributed by atoms with Gasteiger partial charge < -0.3 is 10.6 Å². The molecule has 0 atom stereocenters. The van der Waals surface area contributed by atoms with E-state index < -0.39 is 9.84 Å². The number of nitrogens with zero attached hydrogens (tertiary/aromatic N) is 1. The minimum atomic E-state index is -2.92. The second-order valence-electron chi connectivity index (χ2n) is 5.09. The lowest BCUT2D eigenvalue weighted by Gasteiger charge is -2.31. The number of rotatable bonds is 5. The van der Waals surface area contributed by atoms with Crippen molar-refractivity contribution in [1.82, 2.24) is 0 Å². The zero-order valence-electron chi connectivity index (χ0n) is 11.8. The van der Waals surface area contributed by atoms with Gasteiger partial charge in [0.1, 0.15) is 0 Å². The third kappa shape index (κ3) is 4.03. The molecule has 1 aromatic rings. The molecule has 114 valence electrons. The maximum atomic E-state index is 11.8. The first kappa shape index (κ1) is 17.1. The van der Waals surface area contributed by atoms with E-state index in [1.807, 2.05) is 25.1 Å². The molecule has 0 spiro atoms. The lowest BCUT2D eigenvalue weighted by atomic mass is 10.00. The fourth-order valence-electron chi connectivity index (χ4n) is 2.62. The standard InChI is InChI=1S/C14H22N2O2S.ClH/c1-2-10-19(17,18)11-9-16-8-4-5-12-13(15)6-3-7-14(12)16;/h3,6-7H,2,4-5,8-11,15H2,1H3;1H. The third-order valence-corrected chi connectivity index (χ3v) is 5.41. The summed E-state index contributed by atoms with van der Waals surface area (Å²) in [5, 5.41) is 0. The van der Waals surface area contributed by atoms with Gasteiger partial charge in [0.15, 0.2) is 9.84 Å². The molecule has 6 heteroatoms. The van der Waals surface area contributed by atoms with E-state index in [9.17, 15) is 8.42 Å². The molecule has 0 amide bonds. The monoisotopic (exact) mass is 318 g/mol. The van der Waals surface area contributed by atoms with Crippen LogP contribution in [-0.2, 0) is 16.3 Å². The van der Waals surface area contributed by atoms with Crippen molar-refractivity contribution >= 4 is 33.6 Å². The zero-order chi connectivity index (χ0) is 13.9. The van der Waals surface area contributed by atoms with Crippen LogP contribution in [-0.4, -0.2) is 33.0 Å². The van der Waals surface area contributed by atoms with Crippen molar-refractivity contribution in [2.24, 2.45) is 0 Å². The van der Waals surface area contributed by atoms with Crippen molar-refractivity contribution in [2.75, 3.05) is 35.2 Å². The Morgan fingerprint density at radius 1 is 1.30 bits per heavy atom. The molecule has 1 aromatic carbocycles. The molecular formula is C14H23ClN2O2S. The molecule has 20 heavy (non-hydrogen) atoms. The Hall–Kier alpha value is -0.940. The fraction of sp³-hybridized carbons (Fsp3) is 0.571. The molecule has 0 aromatic heterocycles. The van der Waals surface area contributed by atoms with Crippen molar-refractivity contribution in [3.63, 3.8) is 0 Å². The second-order valence-corrected chi connectivity index (χ2v) is 7.39. The summed E-state index contributed by atoms with van der Waals surface area (Å²) in [5.74, 6) is 0.514. The Balaban J connectivity index is 0.00000200. The van der Waals surface area contributed by atoms with Crippen LogP contribution in [0.1, 0.15) is 25.3 Å². The molecule has 0 bridgehead atoms. The van der Waals surface area contributed by atoms with Crippen LogP contribution in [0.3, 0.4) is 0 Å². The summed E-state index contributed by atoms with van der Waals surface area (Å²) in [6, 6.07) is 5.89. The Labute approximate surface area is 127 Å². The summed E-state index contributed by atoms with van der Waals surface area (Å²) >= 11 is 0. The molecule has 1 aliphatic rings. The zero-order valence-corrected chi connectivity index (χ0v) is 13.5. The van der Waals surface area contributed by atoms with Gasteiger partial charge >= 0.3 is 0 Å². The smallest absolute Gasteiger partial charge is 0.152 e. The van der Waals surface area contributed by atoms with Gasteiger partial charge in [-0.05, 0) is 37.0 Å². The number of sulfone groups is 1.